The van der Waals surface area contributed by atoms with Gasteiger partial charge in [-0.15, -0.1) is 5.92 Å². The van der Waals surface area contributed by atoms with E-state index in [1.54, 1.807) is 31.2 Å². The summed E-state index contributed by atoms with van der Waals surface area (Å²) in [6.07, 6.45) is 1.30. The van der Waals surface area contributed by atoms with Crippen LogP contribution in [0.1, 0.15) is 22.8 Å². The first-order chi connectivity index (χ1) is 7.65. The van der Waals surface area contributed by atoms with E-state index in [4.69, 9.17) is 0 Å². The molecule has 1 N–H and O–H groups in total. The third-order valence-corrected chi connectivity index (χ3v) is 2.58. The number of amides is 1. The Bertz CT molecular complexity index is 524. The van der Waals surface area contributed by atoms with E-state index in [0.29, 0.717) is 11.1 Å². The molecule has 1 aliphatic rings. The molecule has 3 nitrogen and oxygen atoms in total. The third kappa shape index (κ3) is 1.17. The number of carbonyl (C=O) groups excluding carboxylic acids is 1. The Morgan fingerprint density at radius 3 is 2.81 bits per heavy atom. The van der Waals surface area contributed by atoms with Crippen LogP contribution in [-0.2, 0) is 5.72 Å². The Labute approximate surface area is 94.0 Å². The summed E-state index contributed by atoms with van der Waals surface area (Å²) in [5.41, 5.74) is -0.605. The molecular formula is C13H11NO2. The van der Waals surface area contributed by atoms with Crippen LogP contribution in [-0.4, -0.2) is 15.9 Å². The fourth-order valence-corrected chi connectivity index (χ4v) is 1.90. The summed E-state index contributed by atoms with van der Waals surface area (Å²) in [5, 5.41) is 10.4. The van der Waals surface area contributed by atoms with Crippen molar-refractivity contribution in [2.45, 2.75) is 12.6 Å². The zero-order valence-electron chi connectivity index (χ0n) is 8.90. The minimum atomic E-state index is -1.58. The Balaban J connectivity index is 2.72. The highest BCUT2D eigenvalue weighted by atomic mass is 16.3. The van der Waals surface area contributed by atoms with Crippen molar-refractivity contribution in [1.82, 2.24) is 4.90 Å². The number of aliphatic hydroxyl groups is 1. The molecule has 3 heteroatoms. The van der Waals surface area contributed by atoms with Gasteiger partial charge in [-0.3, -0.25) is 9.69 Å². The van der Waals surface area contributed by atoms with E-state index >= 15 is 0 Å². The van der Waals surface area contributed by atoms with Crippen LogP contribution in [0.3, 0.4) is 0 Å². The molecule has 0 radical (unpaired) electrons. The zero-order chi connectivity index (χ0) is 11.8. The maximum atomic E-state index is 11.9. The average molecular weight is 213 g/mol. The van der Waals surface area contributed by atoms with Gasteiger partial charge >= 0.3 is 0 Å². The average Bonchev–Trinajstić information content (AvgIpc) is 2.50. The van der Waals surface area contributed by atoms with Crippen molar-refractivity contribution < 1.29 is 9.90 Å². The predicted octanol–water partition coefficient (Wildman–Crippen LogP) is 1.45. The molecule has 0 spiro atoms. The Morgan fingerprint density at radius 2 is 2.19 bits per heavy atom. The number of rotatable bonds is 1. The highest BCUT2D eigenvalue weighted by Crippen LogP contribution is 2.36. The summed E-state index contributed by atoms with van der Waals surface area (Å²) in [7, 11) is 0. The minimum absolute atomic E-state index is 0.282. The molecule has 0 bridgehead atoms. The quantitative estimate of drug-likeness (QED) is 0.717. The minimum Gasteiger partial charge on any atom is -0.357 e. The second-order valence-electron chi connectivity index (χ2n) is 3.45. The van der Waals surface area contributed by atoms with E-state index in [2.05, 4.69) is 18.4 Å². The van der Waals surface area contributed by atoms with E-state index < -0.39 is 5.72 Å². The molecular weight excluding hydrogens is 202 g/mol. The maximum absolute atomic E-state index is 11.9. The third-order valence-electron chi connectivity index (χ3n) is 2.58. The molecule has 1 aromatic carbocycles. The second kappa shape index (κ2) is 3.51. The topological polar surface area (TPSA) is 40.5 Å². The smallest absolute Gasteiger partial charge is 0.261 e. The van der Waals surface area contributed by atoms with Crippen LogP contribution in [0.2, 0.25) is 0 Å². The van der Waals surface area contributed by atoms with E-state index in [1.165, 1.54) is 6.20 Å². The molecule has 0 aromatic heterocycles. The van der Waals surface area contributed by atoms with Gasteiger partial charge in [-0.2, -0.15) is 0 Å². The summed E-state index contributed by atoms with van der Waals surface area (Å²) in [6.45, 7) is 5.15. The van der Waals surface area contributed by atoms with Gasteiger partial charge in [-0.1, -0.05) is 24.8 Å². The molecule has 1 atom stereocenters. The molecule has 16 heavy (non-hydrogen) atoms. The molecule has 2 rings (SSSR count). The van der Waals surface area contributed by atoms with Gasteiger partial charge in [0.1, 0.15) is 0 Å². The molecule has 0 aliphatic carbocycles. The van der Waals surface area contributed by atoms with Crippen LogP contribution in [0.5, 0.6) is 0 Å². The van der Waals surface area contributed by atoms with Crippen molar-refractivity contribution in [2.75, 3.05) is 0 Å². The predicted molar refractivity (Wildman–Crippen MR) is 60.2 cm³/mol. The Morgan fingerprint density at radius 1 is 1.50 bits per heavy atom. The molecule has 0 saturated carbocycles. The molecule has 80 valence electrons. The van der Waals surface area contributed by atoms with Crippen molar-refractivity contribution in [3.8, 4) is 11.8 Å². The molecule has 0 unspecified atom stereocenters. The van der Waals surface area contributed by atoms with Crippen LogP contribution in [0.15, 0.2) is 37.0 Å². The highest BCUT2D eigenvalue weighted by molar-refractivity contribution is 6.00. The lowest BCUT2D eigenvalue weighted by Crippen LogP contribution is -2.38. The highest BCUT2D eigenvalue weighted by Gasteiger charge is 2.46. The van der Waals surface area contributed by atoms with Crippen LogP contribution >= 0.6 is 0 Å². The van der Waals surface area contributed by atoms with E-state index in [1.807, 2.05) is 0 Å². The van der Waals surface area contributed by atoms with Crippen LogP contribution in [0.4, 0.5) is 0 Å². The number of carbonyl (C=O) groups is 1. The fourth-order valence-electron chi connectivity index (χ4n) is 1.90. The van der Waals surface area contributed by atoms with Crippen molar-refractivity contribution in [3.63, 3.8) is 0 Å². The van der Waals surface area contributed by atoms with Gasteiger partial charge in [0, 0.05) is 17.3 Å². The number of benzene rings is 1. The molecule has 0 saturated heterocycles. The van der Waals surface area contributed by atoms with Gasteiger partial charge in [0.15, 0.2) is 0 Å². The summed E-state index contributed by atoms with van der Waals surface area (Å²) < 4.78 is 0. The Kier molecular flexibility index (Phi) is 2.30. The molecule has 1 aliphatic heterocycles. The van der Waals surface area contributed by atoms with Crippen molar-refractivity contribution in [1.29, 1.82) is 0 Å². The number of hydrogen-bond acceptors (Lipinski definition) is 2. The number of hydrogen-bond donors (Lipinski definition) is 1. The summed E-state index contributed by atoms with van der Waals surface area (Å²) >= 11 is 0. The van der Waals surface area contributed by atoms with E-state index in [-0.39, 0.29) is 5.91 Å². The fraction of sp³-hybridized carbons (Fsp3) is 0.154. The van der Waals surface area contributed by atoms with Gasteiger partial charge in [0.2, 0.25) is 5.72 Å². The monoisotopic (exact) mass is 213 g/mol. The van der Waals surface area contributed by atoms with Crippen molar-refractivity contribution in [3.05, 3.63) is 48.2 Å². The largest absolute Gasteiger partial charge is 0.357 e. The van der Waals surface area contributed by atoms with Gasteiger partial charge in [-0.05, 0) is 18.9 Å². The van der Waals surface area contributed by atoms with Crippen LogP contribution < -0.4 is 0 Å². The second-order valence-corrected chi connectivity index (χ2v) is 3.45. The zero-order valence-corrected chi connectivity index (χ0v) is 8.90. The molecule has 1 amide bonds. The normalized spacial score (nSPS) is 22.4. The summed E-state index contributed by atoms with van der Waals surface area (Å²) in [6, 6.07) is 6.88. The first kappa shape index (κ1) is 10.5. The lowest BCUT2D eigenvalue weighted by atomic mass is 10.0. The summed E-state index contributed by atoms with van der Waals surface area (Å²) in [4.78, 5) is 13.1. The number of nitrogens with zero attached hydrogens (tertiary/aromatic N) is 1. The molecule has 1 heterocycles. The number of fused-ring (bicyclic) bond motifs is 1. The van der Waals surface area contributed by atoms with E-state index in [9.17, 15) is 9.90 Å². The first-order valence-corrected chi connectivity index (χ1v) is 4.87. The van der Waals surface area contributed by atoms with Crippen LogP contribution in [0.25, 0.3) is 0 Å². The van der Waals surface area contributed by atoms with Gasteiger partial charge in [0.05, 0.1) is 0 Å². The van der Waals surface area contributed by atoms with Gasteiger partial charge < -0.3 is 5.11 Å². The molecule has 1 aromatic rings. The maximum Gasteiger partial charge on any atom is 0.261 e. The lowest BCUT2D eigenvalue weighted by Gasteiger charge is -2.25. The van der Waals surface area contributed by atoms with Gasteiger partial charge in [-0.25, -0.2) is 0 Å². The molecule has 0 fully saturated rings. The SMILES string of the molecule is C=CN1C(=O)c2ccccc2[C@]1(O)C#CC. The van der Waals surface area contributed by atoms with E-state index in [0.717, 1.165) is 4.90 Å². The lowest BCUT2D eigenvalue weighted by molar-refractivity contribution is -0.0110. The van der Waals surface area contributed by atoms with Crippen molar-refractivity contribution >= 4 is 5.91 Å². The Hall–Kier alpha value is -2.05. The standard InChI is InChI=1S/C13H11NO2/c1-3-9-13(16)11-8-6-5-7-10(11)12(15)14(13)4-2/h4-8,16H,2H2,1H3/t13-/m1/s1. The van der Waals surface area contributed by atoms with Gasteiger partial charge in [0.25, 0.3) is 5.91 Å². The summed E-state index contributed by atoms with van der Waals surface area (Å²) in [5.74, 6) is 5.00. The first-order valence-electron chi connectivity index (χ1n) is 4.87. The van der Waals surface area contributed by atoms with Crippen LogP contribution in [0, 0.1) is 11.8 Å². The van der Waals surface area contributed by atoms with Crippen molar-refractivity contribution in [2.24, 2.45) is 0 Å².